The minimum Gasteiger partial charge on any atom is -0.392 e. The topological polar surface area (TPSA) is 93.2 Å². The van der Waals surface area contributed by atoms with Crippen LogP contribution >= 0.6 is 0 Å². The number of hydrogen-bond acceptors (Lipinski definition) is 5. The Kier molecular flexibility index (Phi) is 5.92. The normalized spacial score (nSPS) is 12.0. The van der Waals surface area contributed by atoms with Crippen molar-refractivity contribution in [2.45, 2.75) is 32.6 Å². The molecule has 2 aromatic heterocycles. The zero-order valence-corrected chi connectivity index (χ0v) is 18.4. The fraction of sp³-hybridized carbons (Fsp3) is 0.240. The smallest absolute Gasteiger partial charge is 0.231 e. The second-order valence-corrected chi connectivity index (χ2v) is 8.67. The van der Waals surface area contributed by atoms with Crippen LogP contribution < -0.4 is 5.32 Å². The molecule has 0 fully saturated rings. The summed E-state index contributed by atoms with van der Waals surface area (Å²) in [6.07, 6.45) is 5.57. The van der Waals surface area contributed by atoms with E-state index in [-0.39, 0.29) is 24.3 Å². The first-order valence-corrected chi connectivity index (χ1v) is 10.4. The van der Waals surface area contributed by atoms with Gasteiger partial charge in [0, 0.05) is 17.2 Å². The minimum atomic E-state index is -0.161. The Labute approximate surface area is 186 Å². The summed E-state index contributed by atoms with van der Waals surface area (Å²) < 4.78 is 7.23. The van der Waals surface area contributed by atoms with Crippen molar-refractivity contribution in [2.24, 2.45) is 0 Å². The standard InChI is InChI=1S/C25H26N4O3/c1-25(2,3)22-15-24(32-28-22)27-23(31)14-18-6-9-19(10-7-18)29-16-26-20-13-17(5-4-12-30)8-11-21(20)29/h4-11,13,15-16,30H,12,14H2,1-3H3,(H,27,31)/b5-4+. The third kappa shape index (κ3) is 4.78. The molecular weight excluding hydrogens is 404 g/mol. The lowest BCUT2D eigenvalue weighted by Gasteiger charge is -2.12. The van der Waals surface area contributed by atoms with Gasteiger partial charge in [-0.25, -0.2) is 4.98 Å². The molecule has 2 aromatic carbocycles. The molecule has 164 valence electrons. The molecule has 0 radical (unpaired) electrons. The molecule has 32 heavy (non-hydrogen) atoms. The van der Waals surface area contributed by atoms with Gasteiger partial charge >= 0.3 is 0 Å². The van der Waals surface area contributed by atoms with Crippen LogP contribution in [0.15, 0.2) is 65.5 Å². The number of fused-ring (bicyclic) bond motifs is 1. The Balaban J connectivity index is 1.44. The highest BCUT2D eigenvalue weighted by Crippen LogP contribution is 2.24. The van der Waals surface area contributed by atoms with Crippen LogP contribution in [0, 0.1) is 0 Å². The predicted octanol–water partition coefficient (Wildman–Crippen LogP) is 4.50. The van der Waals surface area contributed by atoms with Crippen molar-refractivity contribution in [1.29, 1.82) is 0 Å². The maximum absolute atomic E-state index is 12.4. The van der Waals surface area contributed by atoms with Crippen molar-refractivity contribution in [1.82, 2.24) is 14.7 Å². The quantitative estimate of drug-likeness (QED) is 0.470. The molecular formula is C25H26N4O3. The second kappa shape index (κ2) is 8.80. The number of aliphatic hydroxyl groups excluding tert-OH is 1. The van der Waals surface area contributed by atoms with E-state index in [1.165, 1.54) is 0 Å². The third-order valence-corrected chi connectivity index (χ3v) is 5.11. The molecule has 0 aliphatic rings. The minimum absolute atomic E-state index is 0.00715. The number of aliphatic hydroxyl groups is 1. The van der Waals surface area contributed by atoms with Gasteiger partial charge in [-0.1, -0.05) is 56.3 Å². The molecule has 0 atom stereocenters. The van der Waals surface area contributed by atoms with Crippen LogP contribution in [-0.2, 0) is 16.6 Å². The predicted molar refractivity (Wildman–Crippen MR) is 125 cm³/mol. The van der Waals surface area contributed by atoms with Crippen molar-refractivity contribution >= 4 is 28.9 Å². The summed E-state index contributed by atoms with van der Waals surface area (Å²) in [6.45, 7) is 6.12. The summed E-state index contributed by atoms with van der Waals surface area (Å²) >= 11 is 0. The first-order chi connectivity index (χ1) is 15.3. The van der Waals surface area contributed by atoms with Gasteiger partial charge in [0.15, 0.2) is 0 Å². The molecule has 4 aromatic rings. The van der Waals surface area contributed by atoms with Gasteiger partial charge < -0.3 is 9.63 Å². The molecule has 0 unspecified atom stereocenters. The molecule has 0 aliphatic heterocycles. The number of imidazole rings is 1. The van der Waals surface area contributed by atoms with Crippen LogP contribution in [0.25, 0.3) is 22.8 Å². The Morgan fingerprint density at radius 2 is 1.94 bits per heavy atom. The molecule has 2 N–H and O–H groups in total. The third-order valence-electron chi connectivity index (χ3n) is 5.11. The van der Waals surface area contributed by atoms with Crippen molar-refractivity contribution in [3.05, 3.63) is 77.8 Å². The van der Waals surface area contributed by atoms with E-state index in [4.69, 9.17) is 9.63 Å². The molecule has 4 rings (SSSR count). The maximum atomic E-state index is 12.4. The largest absolute Gasteiger partial charge is 0.392 e. The average Bonchev–Trinajstić information content (AvgIpc) is 3.39. The van der Waals surface area contributed by atoms with Crippen LogP contribution in [0.3, 0.4) is 0 Å². The van der Waals surface area contributed by atoms with Crippen LogP contribution in [-0.4, -0.2) is 32.3 Å². The fourth-order valence-corrected chi connectivity index (χ4v) is 3.36. The van der Waals surface area contributed by atoms with Gasteiger partial charge in [-0.05, 0) is 35.4 Å². The maximum Gasteiger partial charge on any atom is 0.231 e. The van der Waals surface area contributed by atoms with Gasteiger partial charge in [-0.2, -0.15) is 0 Å². The fourth-order valence-electron chi connectivity index (χ4n) is 3.36. The van der Waals surface area contributed by atoms with Crippen LogP contribution in [0.2, 0.25) is 0 Å². The van der Waals surface area contributed by atoms with Gasteiger partial charge in [-0.3, -0.25) is 14.7 Å². The highest BCUT2D eigenvalue weighted by Gasteiger charge is 2.19. The van der Waals surface area contributed by atoms with Gasteiger partial charge in [0.25, 0.3) is 0 Å². The van der Waals surface area contributed by atoms with E-state index < -0.39 is 0 Å². The molecule has 0 saturated heterocycles. The van der Waals surface area contributed by atoms with E-state index in [1.807, 2.05) is 73.9 Å². The van der Waals surface area contributed by atoms with Gasteiger partial charge in [-0.15, -0.1) is 0 Å². The van der Waals surface area contributed by atoms with E-state index in [0.717, 1.165) is 33.5 Å². The molecule has 0 aliphatic carbocycles. The molecule has 1 amide bonds. The number of carbonyl (C=O) groups is 1. The lowest BCUT2D eigenvalue weighted by atomic mass is 9.92. The van der Waals surface area contributed by atoms with Crippen molar-refractivity contribution in [2.75, 3.05) is 11.9 Å². The number of amides is 1. The number of aromatic nitrogens is 3. The summed E-state index contributed by atoms with van der Waals surface area (Å²) in [5.41, 5.74) is 5.34. The Morgan fingerprint density at radius 1 is 1.16 bits per heavy atom. The first kappa shape index (κ1) is 21.5. The summed E-state index contributed by atoms with van der Waals surface area (Å²) in [6, 6.07) is 15.5. The van der Waals surface area contributed by atoms with Crippen LogP contribution in [0.1, 0.15) is 37.6 Å². The second-order valence-electron chi connectivity index (χ2n) is 8.67. The van der Waals surface area contributed by atoms with E-state index >= 15 is 0 Å². The molecule has 0 saturated carbocycles. The number of benzene rings is 2. The van der Waals surface area contributed by atoms with Gasteiger partial charge in [0.05, 0.1) is 29.8 Å². The molecule has 2 heterocycles. The van der Waals surface area contributed by atoms with Crippen molar-refractivity contribution in [3.63, 3.8) is 0 Å². The van der Waals surface area contributed by atoms with Crippen molar-refractivity contribution in [3.8, 4) is 5.69 Å². The van der Waals surface area contributed by atoms with E-state index in [2.05, 4.69) is 15.5 Å². The Morgan fingerprint density at radius 3 is 2.62 bits per heavy atom. The summed E-state index contributed by atoms with van der Waals surface area (Å²) in [7, 11) is 0. The summed E-state index contributed by atoms with van der Waals surface area (Å²) in [5, 5.41) is 15.7. The van der Waals surface area contributed by atoms with E-state index in [9.17, 15) is 4.79 Å². The van der Waals surface area contributed by atoms with E-state index in [0.29, 0.717) is 5.88 Å². The number of carbonyl (C=O) groups excluding carboxylic acids is 1. The highest BCUT2D eigenvalue weighted by atomic mass is 16.5. The van der Waals surface area contributed by atoms with Crippen LogP contribution in [0.4, 0.5) is 5.88 Å². The van der Waals surface area contributed by atoms with Crippen molar-refractivity contribution < 1.29 is 14.4 Å². The lowest BCUT2D eigenvalue weighted by Crippen LogP contribution is -2.14. The Bertz CT molecular complexity index is 1260. The molecule has 7 nitrogen and oxygen atoms in total. The number of hydrogen-bond donors (Lipinski definition) is 2. The van der Waals surface area contributed by atoms with Gasteiger partial charge in [0.2, 0.25) is 11.8 Å². The average molecular weight is 431 g/mol. The molecule has 7 heteroatoms. The lowest BCUT2D eigenvalue weighted by molar-refractivity contribution is -0.115. The SMILES string of the molecule is CC(C)(C)c1cc(NC(=O)Cc2ccc(-n3cnc4cc(/C=C/CO)ccc43)cc2)on1. The van der Waals surface area contributed by atoms with Crippen LogP contribution in [0.5, 0.6) is 0 Å². The number of anilines is 1. The number of rotatable bonds is 6. The number of nitrogens with zero attached hydrogens (tertiary/aromatic N) is 3. The molecule has 0 spiro atoms. The van der Waals surface area contributed by atoms with Gasteiger partial charge in [0.1, 0.15) is 6.33 Å². The zero-order valence-electron chi connectivity index (χ0n) is 18.4. The summed E-state index contributed by atoms with van der Waals surface area (Å²) in [4.78, 5) is 16.9. The zero-order chi connectivity index (χ0) is 22.7. The summed E-state index contributed by atoms with van der Waals surface area (Å²) in [5.74, 6) is 0.195. The highest BCUT2D eigenvalue weighted by molar-refractivity contribution is 5.91. The molecule has 0 bridgehead atoms. The monoisotopic (exact) mass is 430 g/mol. The number of nitrogens with one attached hydrogen (secondary N) is 1. The Hall–Kier alpha value is -3.71. The van der Waals surface area contributed by atoms with E-state index in [1.54, 1.807) is 18.5 Å². The first-order valence-electron chi connectivity index (χ1n) is 10.4.